The van der Waals surface area contributed by atoms with Crippen LogP contribution in [-0.4, -0.2) is 11.7 Å². The fraction of sp³-hybridized carbons (Fsp3) is 0.125. The third kappa shape index (κ3) is 5.13. The van der Waals surface area contributed by atoms with Crippen molar-refractivity contribution in [2.24, 2.45) is 0 Å². The van der Waals surface area contributed by atoms with E-state index in [1.807, 2.05) is 0 Å². The molecule has 0 saturated carbocycles. The first-order chi connectivity index (χ1) is 10.4. The highest BCUT2D eigenvalue weighted by Gasteiger charge is 2.10. The number of carbonyl (C=O) groups excluding carboxylic acids is 2. The molecule has 0 aliphatic heterocycles. The molecular weight excluding hydrogens is 389 g/mol. The van der Waals surface area contributed by atoms with Gasteiger partial charge in [-0.3, -0.25) is 9.59 Å². The molecule has 0 unspecified atom stereocenters. The zero-order valence-electron chi connectivity index (χ0n) is 11.4. The van der Waals surface area contributed by atoms with Crippen molar-refractivity contribution in [3.63, 3.8) is 0 Å². The van der Waals surface area contributed by atoms with Gasteiger partial charge >= 0.3 is 0 Å². The summed E-state index contributed by atoms with van der Waals surface area (Å²) >= 11 is 15.0. The predicted octanol–water partition coefficient (Wildman–Crippen LogP) is 5.36. The number of rotatable bonds is 5. The zero-order chi connectivity index (χ0) is 16.1. The molecule has 114 valence electrons. The molecular formula is C16H12BrCl2NO2. The average Bonchev–Trinajstić information content (AvgIpc) is 2.44. The number of benzene rings is 2. The second kappa shape index (κ2) is 7.77. The van der Waals surface area contributed by atoms with E-state index in [4.69, 9.17) is 23.2 Å². The largest absolute Gasteiger partial charge is 0.326 e. The Morgan fingerprint density at radius 3 is 2.14 bits per heavy atom. The van der Waals surface area contributed by atoms with E-state index in [0.29, 0.717) is 21.3 Å². The van der Waals surface area contributed by atoms with Gasteiger partial charge in [0.25, 0.3) is 0 Å². The molecule has 22 heavy (non-hydrogen) atoms. The Bertz CT molecular complexity index is 682. The molecule has 0 atom stereocenters. The van der Waals surface area contributed by atoms with E-state index in [1.54, 1.807) is 42.5 Å². The lowest BCUT2D eigenvalue weighted by Gasteiger charge is -2.06. The molecule has 0 spiro atoms. The van der Waals surface area contributed by atoms with Crippen molar-refractivity contribution in [1.29, 1.82) is 0 Å². The molecule has 1 amide bonds. The minimum Gasteiger partial charge on any atom is -0.326 e. The van der Waals surface area contributed by atoms with Gasteiger partial charge in [0.15, 0.2) is 5.78 Å². The minimum absolute atomic E-state index is 0.0771. The summed E-state index contributed by atoms with van der Waals surface area (Å²) in [5, 5.41) is 3.55. The second-order valence-electron chi connectivity index (χ2n) is 4.64. The van der Waals surface area contributed by atoms with E-state index >= 15 is 0 Å². The van der Waals surface area contributed by atoms with Crippen LogP contribution in [0, 0.1) is 0 Å². The number of hydrogen-bond donors (Lipinski definition) is 1. The van der Waals surface area contributed by atoms with Crippen LogP contribution in [0.4, 0.5) is 5.69 Å². The summed E-state index contributed by atoms with van der Waals surface area (Å²) in [4.78, 5) is 23.9. The molecule has 0 aliphatic rings. The van der Waals surface area contributed by atoms with Crippen molar-refractivity contribution in [1.82, 2.24) is 0 Å². The number of halogens is 3. The van der Waals surface area contributed by atoms with E-state index in [0.717, 1.165) is 4.47 Å². The molecule has 0 aromatic heterocycles. The van der Waals surface area contributed by atoms with Crippen LogP contribution in [-0.2, 0) is 4.79 Å². The highest BCUT2D eigenvalue weighted by Crippen LogP contribution is 2.22. The zero-order valence-corrected chi connectivity index (χ0v) is 14.5. The van der Waals surface area contributed by atoms with Crippen molar-refractivity contribution in [3.8, 4) is 0 Å². The molecule has 0 bridgehead atoms. The number of anilines is 1. The normalized spacial score (nSPS) is 10.3. The van der Waals surface area contributed by atoms with Gasteiger partial charge in [-0.25, -0.2) is 0 Å². The van der Waals surface area contributed by atoms with E-state index in [1.165, 1.54) is 0 Å². The monoisotopic (exact) mass is 399 g/mol. The van der Waals surface area contributed by atoms with Crippen molar-refractivity contribution >= 4 is 56.5 Å². The molecule has 0 radical (unpaired) electrons. The topological polar surface area (TPSA) is 46.2 Å². The first-order valence-electron chi connectivity index (χ1n) is 6.49. The smallest absolute Gasteiger partial charge is 0.224 e. The van der Waals surface area contributed by atoms with E-state index < -0.39 is 0 Å². The lowest BCUT2D eigenvalue weighted by atomic mass is 10.1. The van der Waals surface area contributed by atoms with Crippen molar-refractivity contribution in [2.75, 3.05) is 5.32 Å². The minimum atomic E-state index is -0.260. The number of nitrogens with one attached hydrogen (secondary N) is 1. The lowest BCUT2D eigenvalue weighted by molar-refractivity contribution is -0.116. The van der Waals surface area contributed by atoms with Crippen LogP contribution in [0.3, 0.4) is 0 Å². The highest BCUT2D eigenvalue weighted by atomic mass is 79.9. The van der Waals surface area contributed by atoms with Gasteiger partial charge in [0.1, 0.15) is 0 Å². The molecule has 0 aliphatic carbocycles. The van der Waals surface area contributed by atoms with Gasteiger partial charge in [0.2, 0.25) is 5.91 Å². The Morgan fingerprint density at radius 1 is 0.955 bits per heavy atom. The quantitative estimate of drug-likeness (QED) is 0.686. The summed E-state index contributed by atoms with van der Waals surface area (Å²) in [7, 11) is 0. The Hall–Kier alpha value is -1.36. The molecule has 0 heterocycles. The molecule has 2 rings (SSSR count). The molecule has 2 aromatic carbocycles. The molecule has 6 heteroatoms. The maximum Gasteiger partial charge on any atom is 0.224 e. The first kappa shape index (κ1) is 17.0. The molecule has 1 N–H and O–H groups in total. The van der Waals surface area contributed by atoms with Gasteiger partial charge < -0.3 is 5.32 Å². The molecule has 0 fully saturated rings. The van der Waals surface area contributed by atoms with Gasteiger partial charge in [-0.05, 0) is 30.3 Å². The van der Waals surface area contributed by atoms with Crippen molar-refractivity contribution in [2.45, 2.75) is 12.8 Å². The van der Waals surface area contributed by atoms with Gasteiger partial charge in [-0.2, -0.15) is 0 Å². The van der Waals surface area contributed by atoms with Crippen LogP contribution in [0.5, 0.6) is 0 Å². The van der Waals surface area contributed by atoms with E-state index in [-0.39, 0.29) is 24.5 Å². The highest BCUT2D eigenvalue weighted by molar-refractivity contribution is 9.10. The molecule has 2 aromatic rings. The fourth-order valence-corrected chi connectivity index (χ4v) is 2.65. The second-order valence-corrected chi connectivity index (χ2v) is 6.42. The summed E-state index contributed by atoms with van der Waals surface area (Å²) < 4.78 is 0.902. The summed E-state index contributed by atoms with van der Waals surface area (Å²) in [5.74, 6) is -0.337. The van der Waals surface area contributed by atoms with Gasteiger partial charge in [-0.1, -0.05) is 51.3 Å². The summed E-state index contributed by atoms with van der Waals surface area (Å²) in [5.41, 5.74) is 1.10. The number of amides is 1. The van der Waals surface area contributed by atoms with Gasteiger partial charge in [0, 0.05) is 38.6 Å². The number of carbonyl (C=O) groups is 2. The van der Waals surface area contributed by atoms with Crippen LogP contribution < -0.4 is 5.32 Å². The van der Waals surface area contributed by atoms with Gasteiger partial charge in [0.05, 0.1) is 0 Å². The third-order valence-corrected chi connectivity index (χ3v) is 3.86. The molecule has 3 nitrogen and oxygen atoms in total. The van der Waals surface area contributed by atoms with Crippen LogP contribution >= 0.6 is 39.1 Å². The van der Waals surface area contributed by atoms with Crippen LogP contribution in [0.1, 0.15) is 23.2 Å². The maximum absolute atomic E-state index is 12.0. The summed E-state index contributed by atoms with van der Waals surface area (Å²) in [6, 6.07) is 11.8. The molecule has 0 saturated heterocycles. The number of Topliss-reactive ketones (excluding diaryl/α,β-unsaturated/α-hetero) is 1. The average molecular weight is 401 g/mol. The lowest BCUT2D eigenvalue weighted by Crippen LogP contribution is -2.13. The standard InChI is InChI=1S/C16H12BrCl2NO2/c17-11-3-1-10(2-4-11)15(21)5-6-16(22)20-14-8-12(18)7-13(19)9-14/h1-4,7-9H,5-6H2,(H,20,22). The van der Waals surface area contributed by atoms with E-state index in [9.17, 15) is 9.59 Å². The Labute approximate surface area is 146 Å². The first-order valence-corrected chi connectivity index (χ1v) is 8.03. The van der Waals surface area contributed by atoms with Crippen LogP contribution in [0.2, 0.25) is 10.0 Å². The summed E-state index contributed by atoms with van der Waals surface area (Å²) in [6.07, 6.45) is 0.237. The van der Waals surface area contributed by atoms with Gasteiger partial charge in [-0.15, -0.1) is 0 Å². The number of ketones is 1. The Balaban J connectivity index is 1.89. The Kier molecular flexibility index (Phi) is 6.00. The van der Waals surface area contributed by atoms with Crippen molar-refractivity contribution < 1.29 is 9.59 Å². The fourth-order valence-electron chi connectivity index (χ4n) is 1.86. The predicted molar refractivity (Wildman–Crippen MR) is 92.8 cm³/mol. The van der Waals surface area contributed by atoms with Crippen molar-refractivity contribution in [3.05, 3.63) is 62.5 Å². The van der Waals surface area contributed by atoms with Crippen LogP contribution in [0.15, 0.2) is 46.9 Å². The SMILES string of the molecule is O=C(CCC(=O)c1ccc(Br)cc1)Nc1cc(Cl)cc(Cl)c1. The number of hydrogen-bond acceptors (Lipinski definition) is 2. The van der Waals surface area contributed by atoms with Crippen LogP contribution in [0.25, 0.3) is 0 Å². The van der Waals surface area contributed by atoms with E-state index in [2.05, 4.69) is 21.2 Å². The third-order valence-electron chi connectivity index (χ3n) is 2.89. The summed E-state index contributed by atoms with van der Waals surface area (Å²) in [6.45, 7) is 0. The maximum atomic E-state index is 12.0. The Morgan fingerprint density at radius 2 is 1.55 bits per heavy atom.